The molecule has 0 unspecified atom stereocenters. The maximum absolute atomic E-state index is 14.4. The van der Waals surface area contributed by atoms with Gasteiger partial charge in [0.2, 0.25) is 0 Å². The molecular weight excluding hydrogens is 366 g/mol. The molecule has 2 aromatic rings. The summed E-state index contributed by atoms with van der Waals surface area (Å²) in [6.07, 6.45) is 0. The fraction of sp³-hybridized carbons (Fsp3) is 0.111. The minimum atomic E-state index is -0.995. The molecule has 25 heavy (non-hydrogen) atoms. The van der Waals surface area contributed by atoms with E-state index < -0.39 is 17.9 Å². The lowest BCUT2D eigenvalue weighted by atomic mass is 9.89. The van der Waals surface area contributed by atoms with Crippen LogP contribution in [0.2, 0.25) is 10.0 Å². The average Bonchev–Trinajstić information content (AvgIpc) is 2.54. The first-order valence-corrected chi connectivity index (χ1v) is 8.16. The van der Waals surface area contributed by atoms with E-state index in [0.29, 0.717) is 16.3 Å². The number of halogens is 3. The average molecular weight is 379 g/mol. The molecule has 0 saturated heterocycles. The molecule has 1 atom stereocenters. The number of carbonyl (C=O) groups is 2. The molecule has 0 radical (unpaired) electrons. The zero-order chi connectivity index (χ0) is 18.1. The Hall–Kier alpha value is -2.37. The minimum absolute atomic E-state index is 0.0516. The minimum Gasteiger partial charge on any atom is -0.327 e. The molecule has 0 saturated carbocycles. The van der Waals surface area contributed by atoms with Crippen LogP contribution in [0.5, 0.6) is 0 Å². The normalized spacial score (nSPS) is 17.1. The van der Waals surface area contributed by atoms with E-state index in [1.807, 2.05) is 0 Å². The predicted octanol–water partition coefficient (Wildman–Crippen LogP) is 4.64. The predicted molar refractivity (Wildman–Crippen MR) is 94.3 cm³/mol. The van der Waals surface area contributed by atoms with Crippen molar-refractivity contribution in [2.24, 2.45) is 0 Å². The topological polar surface area (TPSA) is 58.2 Å². The summed E-state index contributed by atoms with van der Waals surface area (Å²) < 4.78 is 14.4. The molecule has 7 heteroatoms. The second-order valence-electron chi connectivity index (χ2n) is 5.54. The lowest BCUT2D eigenvalue weighted by molar-refractivity contribution is 0.102. The van der Waals surface area contributed by atoms with Gasteiger partial charge < -0.3 is 10.6 Å². The van der Waals surface area contributed by atoms with Crippen LogP contribution < -0.4 is 10.6 Å². The van der Waals surface area contributed by atoms with Gasteiger partial charge in [-0.3, -0.25) is 4.79 Å². The van der Waals surface area contributed by atoms with Crippen LogP contribution in [-0.4, -0.2) is 11.8 Å². The molecule has 0 bridgehead atoms. The Balaban J connectivity index is 2.13. The van der Waals surface area contributed by atoms with Crippen molar-refractivity contribution in [3.8, 4) is 0 Å². The van der Waals surface area contributed by atoms with Gasteiger partial charge in [-0.25, -0.2) is 9.18 Å². The number of carbonyl (C=O) groups excluding carboxylic acids is 2. The molecule has 1 aliphatic heterocycles. The summed E-state index contributed by atoms with van der Waals surface area (Å²) >= 11 is 12.0. The van der Waals surface area contributed by atoms with Crippen LogP contribution in [0.25, 0.3) is 0 Å². The highest BCUT2D eigenvalue weighted by Gasteiger charge is 2.34. The molecule has 2 aromatic carbocycles. The van der Waals surface area contributed by atoms with Crippen molar-refractivity contribution in [3.05, 3.63) is 80.7 Å². The summed E-state index contributed by atoms with van der Waals surface area (Å²) in [4.78, 5) is 24.9. The van der Waals surface area contributed by atoms with Gasteiger partial charge in [-0.05, 0) is 43.3 Å². The van der Waals surface area contributed by atoms with Gasteiger partial charge in [0.15, 0.2) is 5.78 Å². The van der Waals surface area contributed by atoms with Gasteiger partial charge in [0.05, 0.1) is 6.04 Å². The van der Waals surface area contributed by atoms with Crippen molar-refractivity contribution in [3.63, 3.8) is 0 Å². The summed E-state index contributed by atoms with van der Waals surface area (Å²) in [6.45, 7) is 1.59. The monoisotopic (exact) mass is 378 g/mol. The van der Waals surface area contributed by atoms with Crippen molar-refractivity contribution in [2.45, 2.75) is 13.0 Å². The van der Waals surface area contributed by atoms with Gasteiger partial charge in [-0.1, -0.05) is 29.3 Å². The third-order valence-corrected chi connectivity index (χ3v) is 4.49. The fourth-order valence-electron chi connectivity index (χ4n) is 2.75. The highest BCUT2D eigenvalue weighted by molar-refractivity contribution is 6.31. The summed E-state index contributed by atoms with van der Waals surface area (Å²) in [5.74, 6) is -0.958. The van der Waals surface area contributed by atoms with Crippen molar-refractivity contribution in [1.29, 1.82) is 0 Å². The number of allylic oxidation sites excluding steroid dienone is 1. The number of hydrogen-bond donors (Lipinski definition) is 2. The van der Waals surface area contributed by atoms with Gasteiger partial charge in [0.25, 0.3) is 0 Å². The molecule has 0 aliphatic carbocycles. The molecule has 1 heterocycles. The lowest BCUT2D eigenvalue weighted by Gasteiger charge is -2.29. The van der Waals surface area contributed by atoms with Gasteiger partial charge in [0.1, 0.15) is 5.82 Å². The Morgan fingerprint density at radius 2 is 1.80 bits per heavy atom. The van der Waals surface area contributed by atoms with Crippen LogP contribution >= 0.6 is 23.2 Å². The van der Waals surface area contributed by atoms with Crippen LogP contribution in [0.4, 0.5) is 9.18 Å². The molecule has 4 nitrogen and oxygen atoms in total. The Kier molecular flexibility index (Phi) is 4.79. The van der Waals surface area contributed by atoms with Crippen LogP contribution in [0.3, 0.4) is 0 Å². The van der Waals surface area contributed by atoms with Crippen molar-refractivity contribution in [1.82, 2.24) is 10.6 Å². The highest BCUT2D eigenvalue weighted by atomic mass is 35.5. The SMILES string of the molecule is CC1=C(C(=O)c2ccc(Cl)cc2)[C@@H](c2c(F)cccc2Cl)NC(=O)N1. The summed E-state index contributed by atoms with van der Waals surface area (Å²) in [6, 6.07) is 8.99. The number of rotatable bonds is 3. The number of amides is 2. The lowest BCUT2D eigenvalue weighted by Crippen LogP contribution is -2.45. The van der Waals surface area contributed by atoms with Crippen LogP contribution in [-0.2, 0) is 0 Å². The number of nitrogens with one attached hydrogen (secondary N) is 2. The molecule has 128 valence electrons. The van der Waals surface area contributed by atoms with E-state index in [1.165, 1.54) is 18.2 Å². The molecular formula is C18H13Cl2FN2O2. The Bertz CT molecular complexity index is 874. The molecule has 0 fully saturated rings. The van der Waals surface area contributed by atoms with E-state index in [0.717, 1.165) is 0 Å². The molecule has 2 N–H and O–H groups in total. The number of benzene rings is 2. The molecule has 0 spiro atoms. The molecule has 0 aromatic heterocycles. The Morgan fingerprint density at radius 3 is 2.44 bits per heavy atom. The zero-order valence-electron chi connectivity index (χ0n) is 13.1. The van der Waals surface area contributed by atoms with Crippen molar-refractivity contribution < 1.29 is 14.0 Å². The molecule has 2 amide bonds. The first-order chi connectivity index (χ1) is 11.9. The van der Waals surface area contributed by atoms with E-state index in [9.17, 15) is 14.0 Å². The van der Waals surface area contributed by atoms with E-state index in [1.54, 1.807) is 31.2 Å². The van der Waals surface area contributed by atoms with E-state index in [2.05, 4.69) is 10.6 Å². The summed E-state index contributed by atoms with van der Waals surface area (Å²) in [5.41, 5.74) is 0.979. The molecule has 1 aliphatic rings. The summed E-state index contributed by atoms with van der Waals surface area (Å²) in [7, 11) is 0. The maximum Gasteiger partial charge on any atom is 0.319 e. The fourth-order valence-corrected chi connectivity index (χ4v) is 3.15. The third kappa shape index (κ3) is 3.38. The van der Waals surface area contributed by atoms with E-state index >= 15 is 0 Å². The maximum atomic E-state index is 14.4. The first-order valence-electron chi connectivity index (χ1n) is 7.41. The van der Waals surface area contributed by atoms with Gasteiger partial charge in [-0.2, -0.15) is 0 Å². The number of urea groups is 1. The Morgan fingerprint density at radius 1 is 1.12 bits per heavy atom. The largest absolute Gasteiger partial charge is 0.327 e. The number of ketones is 1. The summed E-state index contributed by atoms with van der Waals surface area (Å²) in [5, 5.41) is 5.74. The second kappa shape index (κ2) is 6.86. The van der Waals surface area contributed by atoms with Crippen LogP contribution in [0.1, 0.15) is 28.9 Å². The zero-order valence-corrected chi connectivity index (χ0v) is 14.6. The molecule has 3 rings (SSSR count). The Labute approximate surface area is 153 Å². The standard InChI is InChI=1S/C18H13Cl2FN2O2/c1-9-14(17(24)10-5-7-11(19)8-6-10)16(23-18(25)22-9)15-12(20)3-2-4-13(15)21/h2-8,16H,1H3,(H2,22,23,25)/t16-/m0/s1. The second-order valence-corrected chi connectivity index (χ2v) is 6.39. The van der Waals surface area contributed by atoms with Gasteiger partial charge in [-0.15, -0.1) is 0 Å². The van der Waals surface area contributed by atoms with Crippen molar-refractivity contribution >= 4 is 35.0 Å². The van der Waals surface area contributed by atoms with Crippen molar-refractivity contribution in [2.75, 3.05) is 0 Å². The highest BCUT2D eigenvalue weighted by Crippen LogP contribution is 2.35. The third-order valence-electron chi connectivity index (χ3n) is 3.91. The van der Waals surface area contributed by atoms with E-state index in [4.69, 9.17) is 23.2 Å². The van der Waals surface area contributed by atoms with Gasteiger partial charge in [0, 0.05) is 32.4 Å². The smallest absolute Gasteiger partial charge is 0.319 e. The number of Topliss-reactive ketones (excluding diaryl/α,β-unsaturated/α-hetero) is 1. The van der Waals surface area contributed by atoms with Crippen LogP contribution in [0, 0.1) is 5.82 Å². The quantitative estimate of drug-likeness (QED) is 0.764. The van der Waals surface area contributed by atoms with Gasteiger partial charge >= 0.3 is 6.03 Å². The first kappa shape index (κ1) is 17.5. The van der Waals surface area contributed by atoms with Crippen LogP contribution in [0.15, 0.2) is 53.7 Å². The number of hydrogen-bond acceptors (Lipinski definition) is 2. The van der Waals surface area contributed by atoms with E-state index in [-0.39, 0.29) is 21.9 Å².